The van der Waals surface area contributed by atoms with E-state index < -0.39 is 10.0 Å². The fourth-order valence-electron chi connectivity index (χ4n) is 4.01. The highest BCUT2D eigenvalue weighted by atomic mass is 35.5. The average Bonchev–Trinajstić information content (AvgIpc) is 3.18. The quantitative estimate of drug-likeness (QED) is 0.671. The summed E-state index contributed by atoms with van der Waals surface area (Å²) in [5.41, 5.74) is 1.94. The van der Waals surface area contributed by atoms with Crippen LogP contribution in [0.5, 0.6) is 5.88 Å². The summed E-state index contributed by atoms with van der Waals surface area (Å²) >= 11 is 6.24. The fourth-order valence-corrected chi connectivity index (χ4v) is 5.79. The lowest BCUT2D eigenvalue weighted by Gasteiger charge is -2.26. The molecular formula is C22H26ClN3O4S. The highest BCUT2D eigenvalue weighted by molar-refractivity contribution is 7.89. The summed E-state index contributed by atoms with van der Waals surface area (Å²) in [6.07, 6.45) is 4.83. The van der Waals surface area contributed by atoms with E-state index in [2.05, 4.69) is 4.98 Å². The summed E-state index contributed by atoms with van der Waals surface area (Å²) in [6.45, 7) is 5.35. The molecule has 1 aromatic heterocycles. The number of carbonyl (C=O) groups is 1. The van der Waals surface area contributed by atoms with Crippen LogP contribution in [0, 0.1) is 0 Å². The van der Waals surface area contributed by atoms with Crippen molar-refractivity contribution in [2.75, 3.05) is 24.5 Å². The molecule has 1 aromatic carbocycles. The van der Waals surface area contributed by atoms with Gasteiger partial charge in [-0.25, -0.2) is 13.4 Å². The summed E-state index contributed by atoms with van der Waals surface area (Å²) in [4.78, 5) is 19.2. The molecular weight excluding hydrogens is 438 g/mol. The van der Waals surface area contributed by atoms with Crippen LogP contribution in [0.1, 0.15) is 49.0 Å². The predicted molar refractivity (Wildman–Crippen MR) is 119 cm³/mol. The fraction of sp³-hybridized carbons (Fsp3) is 0.455. The van der Waals surface area contributed by atoms with Gasteiger partial charge in [-0.1, -0.05) is 18.0 Å². The van der Waals surface area contributed by atoms with Crippen molar-refractivity contribution >= 4 is 33.2 Å². The van der Waals surface area contributed by atoms with E-state index in [-0.39, 0.29) is 17.0 Å². The smallest absolute Gasteiger partial charge is 0.259 e. The number of anilines is 1. The van der Waals surface area contributed by atoms with Crippen molar-refractivity contribution in [3.63, 3.8) is 0 Å². The number of benzene rings is 1. The molecule has 7 nitrogen and oxygen atoms in total. The zero-order valence-corrected chi connectivity index (χ0v) is 19.2. The standard InChI is InChI=1S/C22H26ClN3O4S/c1-15(2)30-21-19(23)13-17(14-24-21)22(27)26-11-8-16-12-18(6-7-20(16)26)31(28,29)25-9-4-3-5-10-25/h6-7,12-15H,3-5,8-11H2,1-2H3. The number of halogens is 1. The van der Waals surface area contributed by atoms with Gasteiger partial charge < -0.3 is 9.64 Å². The molecule has 1 amide bonds. The molecule has 166 valence electrons. The maximum absolute atomic E-state index is 13.1. The Kier molecular flexibility index (Phi) is 6.23. The Hall–Kier alpha value is -2.16. The second kappa shape index (κ2) is 8.76. The average molecular weight is 464 g/mol. The van der Waals surface area contributed by atoms with Crippen LogP contribution in [0.25, 0.3) is 0 Å². The number of carbonyl (C=O) groups excluding carboxylic acids is 1. The monoisotopic (exact) mass is 463 g/mol. The van der Waals surface area contributed by atoms with Crippen LogP contribution >= 0.6 is 11.6 Å². The number of rotatable bonds is 5. The van der Waals surface area contributed by atoms with Crippen molar-refractivity contribution in [2.24, 2.45) is 0 Å². The Labute approximate surface area is 188 Å². The van der Waals surface area contributed by atoms with Gasteiger partial charge in [-0.2, -0.15) is 4.31 Å². The minimum atomic E-state index is -3.51. The number of aromatic nitrogens is 1. The maximum Gasteiger partial charge on any atom is 0.259 e. The van der Waals surface area contributed by atoms with Gasteiger partial charge in [0, 0.05) is 31.5 Å². The van der Waals surface area contributed by atoms with Crippen molar-refractivity contribution in [2.45, 2.75) is 50.5 Å². The second-order valence-electron chi connectivity index (χ2n) is 8.14. The molecule has 1 saturated heterocycles. The maximum atomic E-state index is 13.1. The Morgan fingerprint density at radius 2 is 1.87 bits per heavy atom. The number of piperidine rings is 1. The first kappa shape index (κ1) is 22.0. The number of hydrogen-bond acceptors (Lipinski definition) is 5. The van der Waals surface area contributed by atoms with Crippen LogP contribution in [-0.4, -0.2) is 49.4 Å². The number of ether oxygens (including phenoxy) is 1. The largest absolute Gasteiger partial charge is 0.474 e. The van der Waals surface area contributed by atoms with Crippen LogP contribution in [-0.2, 0) is 16.4 Å². The first-order chi connectivity index (χ1) is 14.8. The van der Waals surface area contributed by atoms with E-state index in [9.17, 15) is 13.2 Å². The molecule has 2 aromatic rings. The van der Waals surface area contributed by atoms with Crippen LogP contribution in [0.3, 0.4) is 0 Å². The number of sulfonamides is 1. The highest BCUT2D eigenvalue weighted by Crippen LogP contribution is 2.33. The van der Waals surface area contributed by atoms with Crippen LogP contribution in [0.15, 0.2) is 35.4 Å². The molecule has 2 aliphatic heterocycles. The number of fused-ring (bicyclic) bond motifs is 1. The van der Waals surface area contributed by atoms with Crippen LogP contribution in [0.2, 0.25) is 5.02 Å². The van der Waals surface area contributed by atoms with Gasteiger partial charge in [-0.3, -0.25) is 4.79 Å². The topological polar surface area (TPSA) is 79.8 Å². The number of amides is 1. The molecule has 0 aliphatic carbocycles. The first-order valence-electron chi connectivity index (χ1n) is 10.5. The van der Waals surface area contributed by atoms with Crippen molar-refractivity contribution in [1.29, 1.82) is 0 Å². The first-order valence-corrected chi connectivity index (χ1v) is 12.4. The number of pyridine rings is 1. The lowest BCUT2D eigenvalue weighted by atomic mass is 10.1. The summed E-state index contributed by atoms with van der Waals surface area (Å²) in [7, 11) is -3.51. The van der Waals surface area contributed by atoms with Gasteiger partial charge in [0.05, 0.1) is 16.6 Å². The zero-order valence-electron chi connectivity index (χ0n) is 17.7. The Morgan fingerprint density at radius 3 is 2.55 bits per heavy atom. The van der Waals surface area contributed by atoms with Crippen LogP contribution in [0.4, 0.5) is 5.69 Å². The van der Waals surface area contributed by atoms with Crippen molar-refractivity contribution in [3.05, 3.63) is 46.6 Å². The summed E-state index contributed by atoms with van der Waals surface area (Å²) in [5.74, 6) is 0.0680. The molecule has 0 spiro atoms. The summed E-state index contributed by atoms with van der Waals surface area (Å²) in [5, 5.41) is 0.280. The third kappa shape index (κ3) is 4.42. The van der Waals surface area contributed by atoms with E-state index in [0.29, 0.717) is 42.4 Å². The van der Waals surface area contributed by atoms with Crippen molar-refractivity contribution in [1.82, 2.24) is 9.29 Å². The van der Waals surface area contributed by atoms with Gasteiger partial charge in [0.25, 0.3) is 5.91 Å². The van der Waals surface area contributed by atoms with E-state index in [4.69, 9.17) is 16.3 Å². The third-order valence-electron chi connectivity index (χ3n) is 5.55. The van der Waals surface area contributed by atoms with E-state index in [1.807, 2.05) is 13.8 Å². The molecule has 0 unspecified atom stereocenters. The highest BCUT2D eigenvalue weighted by Gasteiger charge is 2.30. The molecule has 4 rings (SSSR count). The lowest BCUT2D eigenvalue weighted by molar-refractivity contribution is 0.0989. The molecule has 0 atom stereocenters. The molecule has 3 heterocycles. The van der Waals surface area contributed by atoms with Crippen LogP contribution < -0.4 is 9.64 Å². The molecule has 0 N–H and O–H groups in total. The molecule has 0 bridgehead atoms. The Bertz CT molecular complexity index is 1100. The number of nitrogens with zero attached hydrogens (tertiary/aromatic N) is 3. The molecule has 9 heteroatoms. The molecule has 0 saturated carbocycles. The minimum Gasteiger partial charge on any atom is -0.474 e. The number of hydrogen-bond donors (Lipinski definition) is 0. The van der Waals surface area contributed by atoms with Gasteiger partial charge in [0.2, 0.25) is 15.9 Å². The molecule has 2 aliphatic rings. The normalized spacial score (nSPS) is 17.1. The van der Waals surface area contributed by atoms with Gasteiger partial charge in [-0.15, -0.1) is 0 Å². The summed E-state index contributed by atoms with van der Waals surface area (Å²) < 4.78 is 33.0. The van der Waals surface area contributed by atoms with Gasteiger partial charge in [0.1, 0.15) is 5.02 Å². The van der Waals surface area contributed by atoms with E-state index in [0.717, 1.165) is 30.5 Å². The second-order valence-corrected chi connectivity index (χ2v) is 10.5. The van der Waals surface area contributed by atoms with E-state index >= 15 is 0 Å². The van der Waals surface area contributed by atoms with Crippen molar-refractivity contribution in [3.8, 4) is 5.88 Å². The van der Waals surface area contributed by atoms with Gasteiger partial charge in [-0.05, 0) is 62.9 Å². The SMILES string of the molecule is CC(C)Oc1ncc(C(=O)N2CCc3cc(S(=O)(=O)N4CCCCC4)ccc32)cc1Cl. The third-order valence-corrected chi connectivity index (χ3v) is 7.71. The van der Waals surface area contributed by atoms with Gasteiger partial charge >= 0.3 is 0 Å². The Balaban J connectivity index is 1.56. The van der Waals surface area contributed by atoms with E-state index in [1.165, 1.54) is 6.20 Å². The minimum absolute atomic E-state index is 0.0765. The Morgan fingerprint density at radius 1 is 1.13 bits per heavy atom. The lowest BCUT2D eigenvalue weighted by Crippen LogP contribution is -2.35. The van der Waals surface area contributed by atoms with E-state index in [1.54, 1.807) is 33.5 Å². The van der Waals surface area contributed by atoms with Crippen molar-refractivity contribution < 1.29 is 17.9 Å². The molecule has 0 radical (unpaired) electrons. The molecule has 1 fully saturated rings. The van der Waals surface area contributed by atoms with Gasteiger partial charge in [0.15, 0.2) is 0 Å². The predicted octanol–water partition coefficient (Wildman–Crippen LogP) is 3.90. The summed E-state index contributed by atoms with van der Waals surface area (Å²) in [6, 6.07) is 6.58. The zero-order chi connectivity index (χ0) is 22.2. The molecule has 31 heavy (non-hydrogen) atoms.